The number of carbonyl (C=O) groups excluding carboxylic acids is 2. The van der Waals surface area contributed by atoms with E-state index in [4.69, 9.17) is 0 Å². The van der Waals surface area contributed by atoms with Crippen molar-refractivity contribution in [3.63, 3.8) is 0 Å². The molecule has 1 aromatic carbocycles. The summed E-state index contributed by atoms with van der Waals surface area (Å²) < 4.78 is 12.9. The average Bonchev–Trinajstić information content (AvgIpc) is 3.14. The van der Waals surface area contributed by atoms with Gasteiger partial charge in [-0.05, 0) is 55.4 Å². The number of rotatable bonds is 3. The van der Waals surface area contributed by atoms with E-state index in [1.165, 1.54) is 17.0 Å². The fourth-order valence-electron chi connectivity index (χ4n) is 4.36. The SMILES string of the molecule is O=C1[C@@H]2[C@@H]3CC[C@H](C3)[C@@H]2C(=O)N1CNc1ccc(F)cc1. The molecule has 0 radical (unpaired) electrons. The third-order valence-electron chi connectivity index (χ3n) is 5.30. The highest BCUT2D eigenvalue weighted by molar-refractivity contribution is 6.06. The Morgan fingerprint density at radius 2 is 1.62 bits per heavy atom. The third-order valence-corrected chi connectivity index (χ3v) is 5.30. The first-order chi connectivity index (χ1) is 10.1. The summed E-state index contributed by atoms with van der Waals surface area (Å²) in [6.07, 6.45) is 3.22. The number of imide groups is 1. The van der Waals surface area contributed by atoms with Crippen LogP contribution in [0.3, 0.4) is 0 Å². The van der Waals surface area contributed by atoms with Gasteiger partial charge in [0.2, 0.25) is 11.8 Å². The summed E-state index contributed by atoms with van der Waals surface area (Å²) >= 11 is 0. The molecule has 110 valence electrons. The van der Waals surface area contributed by atoms with Crippen LogP contribution in [0.1, 0.15) is 19.3 Å². The summed E-state index contributed by atoms with van der Waals surface area (Å²) in [7, 11) is 0. The van der Waals surface area contributed by atoms with Crippen molar-refractivity contribution in [1.82, 2.24) is 4.90 Å². The van der Waals surface area contributed by atoms with Gasteiger partial charge < -0.3 is 5.32 Å². The van der Waals surface area contributed by atoms with Gasteiger partial charge in [0.15, 0.2) is 0 Å². The minimum Gasteiger partial charge on any atom is -0.367 e. The van der Waals surface area contributed by atoms with Crippen LogP contribution in [0.2, 0.25) is 0 Å². The van der Waals surface area contributed by atoms with E-state index in [-0.39, 0.29) is 36.1 Å². The molecular weight excluding hydrogens is 271 g/mol. The minimum absolute atomic E-state index is 0.0215. The van der Waals surface area contributed by atoms with Gasteiger partial charge in [0, 0.05) is 5.69 Å². The summed E-state index contributed by atoms with van der Waals surface area (Å²) in [4.78, 5) is 26.3. The van der Waals surface area contributed by atoms with Gasteiger partial charge in [0.05, 0.1) is 18.5 Å². The van der Waals surface area contributed by atoms with E-state index in [2.05, 4.69) is 5.32 Å². The molecule has 1 aliphatic heterocycles. The smallest absolute Gasteiger partial charge is 0.234 e. The second kappa shape index (κ2) is 4.55. The Morgan fingerprint density at radius 3 is 2.19 bits per heavy atom. The maximum atomic E-state index is 12.9. The molecule has 0 unspecified atom stereocenters. The first-order valence-corrected chi connectivity index (χ1v) is 7.50. The van der Waals surface area contributed by atoms with Crippen LogP contribution in [0.5, 0.6) is 0 Å². The number of nitrogens with one attached hydrogen (secondary N) is 1. The van der Waals surface area contributed by atoms with Crippen LogP contribution in [0.15, 0.2) is 24.3 Å². The predicted octanol–water partition coefficient (Wildman–Crippen LogP) is 2.23. The molecule has 2 bridgehead atoms. The summed E-state index contributed by atoms with van der Waals surface area (Å²) in [6.45, 7) is 0.176. The predicted molar refractivity (Wildman–Crippen MR) is 74.6 cm³/mol. The Labute approximate surface area is 122 Å². The standard InChI is InChI=1S/C16H17FN2O2/c17-11-3-5-12(6-4-11)18-8-19-15(20)13-9-1-2-10(7-9)14(13)16(19)21/h3-6,9-10,13-14,18H,1-2,7-8H2/t9-,10-,13-,14+/m1/s1. The Balaban J connectivity index is 1.48. The number of amides is 2. The quantitative estimate of drug-likeness (QED) is 0.868. The molecular formula is C16H17FN2O2. The molecule has 2 saturated carbocycles. The third kappa shape index (κ3) is 1.87. The zero-order valence-corrected chi connectivity index (χ0v) is 11.6. The number of hydrogen-bond donors (Lipinski definition) is 1. The van der Waals surface area contributed by atoms with Crippen LogP contribution in [-0.2, 0) is 9.59 Å². The van der Waals surface area contributed by atoms with Crippen molar-refractivity contribution in [2.75, 3.05) is 12.0 Å². The van der Waals surface area contributed by atoms with Gasteiger partial charge in [-0.3, -0.25) is 14.5 Å². The molecule has 3 aliphatic rings. The van der Waals surface area contributed by atoms with Crippen LogP contribution in [0.4, 0.5) is 10.1 Å². The fourth-order valence-corrected chi connectivity index (χ4v) is 4.36. The van der Waals surface area contributed by atoms with Gasteiger partial charge in [-0.2, -0.15) is 0 Å². The van der Waals surface area contributed by atoms with Crippen molar-refractivity contribution in [2.45, 2.75) is 19.3 Å². The molecule has 21 heavy (non-hydrogen) atoms. The lowest BCUT2D eigenvalue weighted by atomic mass is 9.81. The normalized spacial score (nSPS) is 33.7. The van der Waals surface area contributed by atoms with E-state index in [0.29, 0.717) is 17.5 Å². The maximum absolute atomic E-state index is 12.9. The number of halogens is 1. The molecule has 1 aromatic rings. The Hall–Kier alpha value is -1.91. The Morgan fingerprint density at radius 1 is 1.05 bits per heavy atom. The monoisotopic (exact) mass is 288 g/mol. The lowest BCUT2D eigenvalue weighted by Gasteiger charge is -2.19. The van der Waals surface area contributed by atoms with Crippen LogP contribution < -0.4 is 5.32 Å². The van der Waals surface area contributed by atoms with E-state index in [1.54, 1.807) is 12.1 Å². The molecule has 1 N–H and O–H groups in total. The highest BCUT2D eigenvalue weighted by Gasteiger charge is 2.60. The van der Waals surface area contributed by atoms with Crippen LogP contribution in [0, 0.1) is 29.5 Å². The number of carbonyl (C=O) groups is 2. The summed E-state index contributed by atoms with van der Waals surface area (Å²) in [5.41, 5.74) is 0.706. The average molecular weight is 288 g/mol. The van der Waals surface area contributed by atoms with Crippen molar-refractivity contribution in [3.05, 3.63) is 30.1 Å². The molecule has 4 nitrogen and oxygen atoms in total. The number of anilines is 1. The second-order valence-electron chi connectivity index (χ2n) is 6.33. The first kappa shape index (κ1) is 12.8. The Bertz CT molecular complexity index is 573. The largest absolute Gasteiger partial charge is 0.367 e. The van der Waals surface area contributed by atoms with Gasteiger partial charge in [-0.25, -0.2) is 4.39 Å². The maximum Gasteiger partial charge on any atom is 0.234 e. The molecule has 0 spiro atoms. The van der Waals surface area contributed by atoms with Gasteiger partial charge in [-0.15, -0.1) is 0 Å². The summed E-state index contributed by atoms with van der Waals surface area (Å²) in [6, 6.07) is 5.91. The van der Waals surface area contributed by atoms with Crippen LogP contribution in [0.25, 0.3) is 0 Å². The molecule has 1 heterocycles. The number of likely N-dealkylation sites (tertiary alicyclic amines) is 1. The number of hydrogen-bond acceptors (Lipinski definition) is 3. The second-order valence-corrected chi connectivity index (χ2v) is 6.33. The number of fused-ring (bicyclic) bond motifs is 5. The molecule has 3 fully saturated rings. The van der Waals surface area contributed by atoms with E-state index in [1.807, 2.05) is 0 Å². The van der Waals surface area contributed by atoms with Gasteiger partial charge in [-0.1, -0.05) is 0 Å². The first-order valence-electron chi connectivity index (χ1n) is 7.50. The van der Waals surface area contributed by atoms with Crippen LogP contribution >= 0.6 is 0 Å². The summed E-state index contributed by atoms with van der Waals surface area (Å²) in [5.74, 6) is 0.315. The summed E-state index contributed by atoms with van der Waals surface area (Å²) in [5, 5.41) is 3.03. The molecule has 1 saturated heterocycles. The van der Waals surface area contributed by atoms with Gasteiger partial charge >= 0.3 is 0 Å². The van der Waals surface area contributed by atoms with Crippen LogP contribution in [-0.4, -0.2) is 23.4 Å². The Kier molecular flexibility index (Phi) is 2.77. The minimum atomic E-state index is -0.306. The van der Waals surface area contributed by atoms with Crippen molar-refractivity contribution >= 4 is 17.5 Å². The number of nitrogens with zero attached hydrogens (tertiary/aromatic N) is 1. The van der Waals surface area contributed by atoms with Crippen molar-refractivity contribution in [2.24, 2.45) is 23.7 Å². The van der Waals surface area contributed by atoms with Crippen molar-refractivity contribution < 1.29 is 14.0 Å². The van der Waals surface area contributed by atoms with Crippen molar-refractivity contribution in [1.29, 1.82) is 0 Å². The zero-order valence-electron chi connectivity index (χ0n) is 11.6. The molecule has 4 rings (SSSR count). The number of benzene rings is 1. The molecule has 2 amide bonds. The van der Waals surface area contributed by atoms with E-state index >= 15 is 0 Å². The molecule has 4 atom stereocenters. The highest BCUT2D eigenvalue weighted by atomic mass is 19.1. The lowest BCUT2D eigenvalue weighted by Crippen LogP contribution is -2.36. The highest BCUT2D eigenvalue weighted by Crippen LogP contribution is 2.55. The van der Waals surface area contributed by atoms with E-state index in [0.717, 1.165) is 19.3 Å². The lowest BCUT2D eigenvalue weighted by molar-refractivity contribution is -0.140. The fraction of sp³-hybridized carbons (Fsp3) is 0.500. The zero-order chi connectivity index (χ0) is 14.6. The topological polar surface area (TPSA) is 49.4 Å². The van der Waals surface area contributed by atoms with Gasteiger partial charge in [0.25, 0.3) is 0 Å². The van der Waals surface area contributed by atoms with Crippen molar-refractivity contribution in [3.8, 4) is 0 Å². The molecule has 0 aromatic heterocycles. The van der Waals surface area contributed by atoms with E-state index < -0.39 is 0 Å². The molecule has 2 aliphatic carbocycles. The van der Waals surface area contributed by atoms with E-state index in [9.17, 15) is 14.0 Å². The van der Waals surface area contributed by atoms with Gasteiger partial charge in [0.1, 0.15) is 5.82 Å². The molecule has 5 heteroatoms.